The number of carbonyl (C=O) groups is 1. The summed E-state index contributed by atoms with van der Waals surface area (Å²) in [6, 6.07) is 8.98. The van der Waals surface area contributed by atoms with Crippen LogP contribution in [0.5, 0.6) is 11.5 Å². The van der Waals surface area contributed by atoms with E-state index in [1.807, 2.05) is 18.2 Å². The lowest BCUT2D eigenvalue weighted by Crippen LogP contribution is -2.28. The van der Waals surface area contributed by atoms with Crippen molar-refractivity contribution in [1.82, 2.24) is 0 Å². The first-order valence-corrected chi connectivity index (χ1v) is 5.88. The van der Waals surface area contributed by atoms with E-state index in [4.69, 9.17) is 4.74 Å². The zero-order chi connectivity index (χ0) is 13.4. The predicted molar refractivity (Wildman–Crippen MR) is 71.1 cm³/mol. The van der Waals surface area contributed by atoms with Crippen molar-refractivity contribution in [3.63, 3.8) is 0 Å². The number of phenols is 1. The van der Waals surface area contributed by atoms with Crippen LogP contribution in [0.2, 0.25) is 0 Å². The molecule has 0 saturated carbocycles. The summed E-state index contributed by atoms with van der Waals surface area (Å²) in [7, 11) is 1.32. The van der Waals surface area contributed by atoms with E-state index < -0.39 is 12.1 Å². The van der Waals surface area contributed by atoms with Gasteiger partial charge in [0.05, 0.1) is 7.11 Å². The number of methoxy groups -OCH3 is 1. The SMILES string of the molecule is COC(=O)C1C=Cc2cc(O)c3ccccc3c2O1. The number of aromatic hydroxyl groups is 1. The Bertz CT molecular complexity index is 688. The summed E-state index contributed by atoms with van der Waals surface area (Å²) in [5.74, 6) is 0.337. The normalized spacial score (nSPS) is 16.8. The van der Waals surface area contributed by atoms with Crippen LogP contribution in [0.25, 0.3) is 16.8 Å². The van der Waals surface area contributed by atoms with Gasteiger partial charge in [-0.2, -0.15) is 0 Å². The molecule has 1 heterocycles. The highest BCUT2D eigenvalue weighted by atomic mass is 16.6. The summed E-state index contributed by atoms with van der Waals surface area (Å²) in [5.41, 5.74) is 0.747. The maximum absolute atomic E-state index is 11.5. The van der Waals surface area contributed by atoms with Gasteiger partial charge in [0, 0.05) is 16.3 Å². The molecule has 0 spiro atoms. The summed E-state index contributed by atoms with van der Waals surface area (Å²) in [4.78, 5) is 11.5. The van der Waals surface area contributed by atoms with Crippen LogP contribution in [0.15, 0.2) is 36.4 Å². The number of ether oxygens (including phenoxy) is 2. The van der Waals surface area contributed by atoms with Gasteiger partial charge in [0.2, 0.25) is 6.10 Å². The van der Waals surface area contributed by atoms with Gasteiger partial charge in [0.1, 0.15) is 11.5 Å². The third-order valence-corrected chi connectivity index (χ3v) is 3.13. The fourth-order valence-corrected chi connectivity index (χ4v) is 2.21. The Balaban J connectivity index is 2.18. The molecule has 0 radical (unpaired) electrons. The van der Waals surface area contributed by atoms with Crippen LogP contribution >= 0.6 is 0 Å². The standard InChI is InChI=1S/C15H12O4/c1-18-15(17)13-7-6-9-8-12(16)10-4-2-3-5-11(10)14(9)19-13/h2-8,13,16H,1H3. The highest BCUT2D eigenvalue weighted by molar-refractivity contribution is 5.97. The molecule has 19 heavy (non-hydrogen) atoms. The molecule has 0 amide bonds. The largest absolute Gasteiger partial charge is 0.507 e. The van der Waals surface area contributed by atoms with E-state index in [0.717, 1.165) is 10.9 Å². The molecule has 1 aliphatic rings. The number of rotatable bonds is 1. The van der Waals surface area contributed by atoms with Gasteiger partial charge in [0.25, 0.3) is 0 Å². The van der Waals surface area contributed by atoms with E-state index in [0.29, 0.717) is 11.1 Å². The van der Waals surface area contributed by atoms with E-state index in [2.05, 4.69) is 4.74 Å². The van der Waals surface area contributed by atoms with Gasteiger partial charge in [-0.1, -0.05) is 30.3 Å². The van der Waals surface area contributed by atoms with Crippen molar-refractivity contribution in [2.75, 3.05) is 7.11 Å². The summed E-state index contributed by atoms with van der Waals surface area (Å²) in [6.45, 7) is 0. The third-order valence-electron chi connectivity index (χ3n) is 3.13. The molecule has 3 rings (SSSR count). The zero-order valence-electron chi connectivity index (χ0n) is 10.3. The Morgan fingerprint density at radius 2 is 2.05 bits per heavy atom. The second-order valence-corrected chi connectivity index (χ2v) is 4.28. The Labute approximate surface area is 109 Å². The average molecular weight is 256 g/mol. The second kappa shape index (κ2) is 4.31. The average Bonchev–Trinajstić information content (AvgIpc) is 2.46. The van der Waals surface area contributed by atoms with Crippen molar-refractivity contribution < 1.29 is 19.4 Å². The maximum atomic E-state index is 11.5. The van der Waals surface area contributed by atoms with Crippen LogP contribution in [-0.2, 0) is 9.53 Å². The Hall–Kier alpha value is -2.49. The van der Waals surface area contributed by atoms with Gasteiger partial charge in [0.15, 0.2) is 0 Å². The van der Waals surface area contributed by atoms with Crippen LogP contribution < -0.4 is 4.74 Å². The van der Waals surface area contributed by atoms with Crippen molar-refractivity contribution in [2.24, 2.45) is 0 Å². The fraction of sp³-hybridized carbons (Fsp3) is 0.133. The minimum absolute atomic E-state index is 0.194. The molecular weight excluding hydrogens is 244 g/mol. The number of esters is 1. The first-order chi connectivity index (χ1) is 9.20. The van der Waals surface area contributed by atoms with Crippen molar-refractivity contribution >= 4 is 22.8 Å². The Morgan fingerprint density at radius 1 is 1.32 bits per heavy atom. The van der Waals surface area contributed by atoms with Gasteiger partial charge in [-0.25, -0.2) is 4.79 Å². The van der Waals surface area contributed by atoms with E-state index in [1.54, 1.807) is 24.3 Å². The Morgan fingerprint density at radius 3 is 2.79 bits per heavy atom. The number of benzene rings is 2. The first-order valence-electron chi connectivity index (χ1n) is 5.88. The predicted octanol–water partition coefficient (Wildman–Crippen LogP) is 2.49. The van der Waals surface area contributed by atoms with Gasteiger partial charge in [-0.05, 0) is 12.1 Å². The molecule has 1 atom stereocenters. The lowest BCUT2D eigenvalue weighted by Gasteiger charge is -2.21. The molecule has 4 nitrogen and oxygen atoms in total. The minimum atomic E-state index is -0.745. The molecule has 4 heteroatoms. The molecule has 0 aromatic heterocycles. The van der Waals surface area contributed by atoms with Crippen molar-refractivity contribution in [3.05, 3.63) is 42.0 Å². The third kappa shape index (κ3) is 1.81. The zero-order valence-corrected chi connectivity index (χ0v) is 10.3. The second-order valence-electron chi connectivity index (χ2n) is 4.28. The van der Waals surface area contributed by atoms with Gasteiger partial charge >= 0.3 is 5.97 Å². The summed E-state index contributed by atoms with van der Waals surface area (Å²) >= 11 is 0. The highest BCUT2D eigenvalue weighted by Gasteiger charge is 2.24. The van der Waals surface area contributed by atoms with E-state index >= 15 is 0 Å². The molecule has 0 bridgehead atoms. The molecule has 1 unspecified atom stereocenters. The van der Waals surface area contributed by atoms with Crippen LogP contribution in [0.3, 0.4) is 0 Å². The molecule has 0 saturated heterocycles. The number of carbonyl (C=O) groups excluding carboxylic acids is 1. The van der Waals surface area contributed by atoms with Gasteiger partial charge in [-0.15, -0.1) is 0 Å². The smallest absolute Gasteiger partial charge is 0.351 e. The van der Waals surface area contributed by atoms with Crippen LogP contribution in [0.4, 0.5) is 0 Å². The minimum Gasteiger partial charge on any atom is -0.507 e. The quantitative estimate of drug-likeness (QED) is 0.796. The fourth-order valence-electron chi connectivity index (χ4n) is 2.21. The molecule has 1 aliphatic heterocycles. The number of fused-ring (bicyclic) bond motifs is 3. The van der Waals surface area contributed by atoms with E-state index in [1.165, 1.54) is 7.11 Å². The molecule has 96 valence electrons. The van der Waals surface area contributed by atoms with Crippen LogP contribution in [0, 0.1) is 0 Å². The molecule has 2 aromatic carbocycles. The van der Waals surface area contributed by atoms with Crippen molar-refractivity contribution in [2.45, 2.75) is 6.10 Å². The van der Waals surface area contributed by atoms with E-state index in [-0.39, 0.29) is 5.75 Å². The Kier molecular flexibility index (Phi) is 2.63. The monoisotopic (exact) mass is 256 g/mol. The van der Waals surface area contributed by atoms with Crippen molar-refractivity contribution in [3.8, 4) is 11.5 Å². The van der Waals surface area contributed by atoms with Crippen LogP contribution in [-0.4, -0.2) is 24.3 Å². The highest BCUT2D eigenvalue weighted by Crippen LogP contribution is 2.39. The number of phenolic OH excluding ortho intramolecular Hbond substituents is 1. The molecule has 0 aliphatic carbocycles. The number of hydrogen-bond acceptors (Lipinski definition) is 4. The summed E-state index contributed by atoms with van der Waals surface area (Å²) in [5, 5.41) is 11.4. The van der Waals surface area contributed by atoms with E-state index in [9.17, 15) is 9.90 Å². The topological polar surface area (TPSA) is 55.8 Å². The van der Waals surface area contributed by atoms with Crippen molar-refractivity contribution in [1.29, 1.82) is 0 Å². The molecule has 0 fully saturated rings. The summed E-state index contributed by atoms with van der Waals surface area (Å²) in [6.07, 6.45) is 2.63. The molecular formula is C15H12O4. The number of hydrogen-bond donors (Lipinski definition) is 1. The van der Waals surface area contributed by atoms with Gasteiger partial charge < -0.3 is 14.6 Å². The lowest BCUT2D eigenvalue weighted by molar-refractivity contribution is -0.146. The molecule has 2 aromatic rings. The van der Waals surface area contributed by atoms with Crippen LogP contribution in [0.1, 0.15) is 5.56 Å². The van der Waals surface area contributed by atoms with Gasteiger partial charge in [-0.3, -0.25) is 0 Å². The lowest BCUT2D eigenvalue weighted by atomic mass is 10.0. The maximum Gasteiger partial charge on any atom is 0.351 e. The summed E-state index contributed by atoms with van der Waals surface area (Å²) < 4.78 is 10.4. The molecule has 1 N–H and O–H groups in total. The first kappa shape index (κ1) is 11.6.